The fourth-order valence-corrected chi connectivity index (χ4v) is 2.15. The van der Waals surface area contributed by atoms with Crippen molar-refractivity contribution in [1.29, 1.82) is 0 Å². The summed E-state index contributed by atoms with van der Waals surface area (Å²) >= 11 is 0. The Morgan fingerprint density at radius 1 is 1.46 bits per heavy atom. The lowest BCUT2D eigenvalue weighted by Gasteiger charge is -2.37. The minimum atomic E-state index is 0.293. The predicted molar refractivity (Wildman–Crippen MR) is 51.3 cm³/mol. The minimum Gasteiger partial charge on any atom is -0.342 e. The zero-order valence-corrected chi connectivity index (χ0v) is 8.25. The maximum Gasteiger partial charge on any atom is 0.226 e. The fourth-order valence-electron chi connectivity index (χ4n) is 2.15. The molecule has 74 valence electrons. The summed E-state index contributed by atoms with van der Waals surface area (Å²) in [5.41, 5.74) is 0. The normalized spacial score (nSPS) is 34.1. The van der Waals surface area contributed by atoms with E-state index >= 15 is 0 Å². The Hall–Kier alpha value is -0.570. The number of likely N-dealkylation sites (tertiary alicyclic amines) is 1. The molecule has 2 aliphatic rings. The monoisotopic (exact) mass is 182 g/mol. The van der Waals surface area contributed by atoms with E-state index in [0.717, 1.165) is 32.6 Å². The molecule has 0 bridgehead atoms. The third-order valence-corrected chi connectivity index (χ3v) is 3.27. The molecule has 2 atom stereocenters. The molecule has 1 amide bonds. The van der Waals surface area contributed by atoms with Crippen molar-refractivity contribution in [3.05, 3.63) is 0 Å². The van der Waals surface area contributed by atoms with Crippen LogP contribution in [-0.2, 0) is 4.79 Å². The molecule has 0 spiro atoms. The van der Waals surface area contributed by atoms with Gasteiger partial charge in [0.1, 0.15) is 0 Å². The van der Waals surface area contributed by atoms with E-state index in [1.807, 2.05) is 4.90 Å². The molecule has 2 fully saturated rings. The zero-order valence-electron chi connectivity index (χ0n) is 8.25. The van der Waals surface area contributed by atoms with Crippen molar-refractivity contribution in [3.63, 3.8) is 0 Å². The third-order valence-electron chi connectivity index (χ3n) is 3.27. The number of carbonyl (C=O) groups excluding carboxylic acids is 1. The standard InChI is InChI=1S/C10H18N2O/c1-8-7-11-4-3-9(8)10(13)12-5-2-6-12/h8-9,11H,2-7H2,1H3. The van der Waals surface area contributed by atoms with Gasteiger partial charge in [-0.1, -0.05) is 6.92 Å². The van der Waals surface area contributed by atoms with Crippen LogP contribution >= 0.6 is 0 Å². The Labute approximate surface area is 79.5 Å². The third kappa shape index (κ3) is 1.70. The van der Waals surface area contributed by atoms with E-state index in [1.165, 1.54) is 6.42 Å². The topological polar surface area (TPSA) is 32.3 Å². The van der Waals surface area contributed by atoms with E-state index in [9.17, 15) is 4.79 Å². The van der Waals surface area contributed by atoms with Crippen LogP contribution in [0.15, 0.2) is 0 Å². The predicted octanol–water partition coefficient (Wildman–Crippen LogP) is 0.464. The van der Waals surface area contributed by atoms with Crippen LogP contribution in [0.3, 0.4) is 0 Å². The van der Waals surface area contributed by atoms with E-state index in [2.05, 4.69) is 12.2 Å². The van der Waals surface area contributed by atoms with Gasteiger partial charge in [-0.25, -0.2) is 0 Å². The van der Waals surface area contributed by atoms with Crippen LogP contribution in [0.4, 0.5) is 0 Å². The number of rotatable bonds is 1. The number of nitrogens with zero attached hydrogens (tertiary/aromatic N) is 1. The van der Waals surface area contributed by atoms with Crippen LogP contribution in [0.1, 0.15) is 19.8 Å². The Bertz CT molecular complexity index is 201. The van der Waals surface area contributed by atoms with Crippen LogP contribution in [0.5, 0.6) is 0 Å². The first-order chi connectivity index (χ1) is 6.29. The number of hydrogen-bond acceptors (Lipinski definition) is 2. The maximum absolute atomic E-state index is 11.9. The van der Waals surface area contributed by atoms with Crippen molar-refractivity contribution in [2.24, 2.45) is 11.8 Å². The van der Waals surface area contributed by atoms with Crippen LogP contribution < -0.4 is 5.32 Å². The molecule has 1 N–H and O–H groups in total. The van der Waals surface area contributed by atoms with Crippen LogP contribution in [0.25, 0.3) is 0 Å². The van der Waals surface area contributed by atoms with Gasteiger partial charge in [-0.05, 0) is 31.8 Å². The quantitative estimate of drug-likeness (QED) is 0.639. The average Bonchev–Trinajstić information content (AvgIpc) is 2.01. The zero-order chi connectivity index (χ0) is 9.26. The van der Waals surface area contributed by atoms with Gasteiger partial charge in [-0.3, -0.25) is 4.79 Å². The smallest absolute Gasteiger partial charge is 0.226 e. The van der Waals surface area contributed by atoms with Gasteiger partial charge in [-0.15, -0.1) is 0 Å². The first-order valence-corrected chi connectivity index (χ1v) is 5.28. The summed E-state index contributed by atoms with van der Waals surface area (Å²) < 4.78 is 0. The molecule has 0 aromatic carbocycles. The largest absolute Gasteiger partial charge is 0.342 e. The van der Waals surface area contributed by atoms with Gasteiger partial charge in [0.25, 0.3) is 0 Å². The van der Waals surface area contributed by atoms with Crippen molar-refractivity contribution in [1.82, 2.24) is 10.2 Å². The van der Waals surface area contributed by atoms with Crippen LogP contribution in [-0.4, -0.2) is 37.0 Å². The van der Waals surface area contributed by atoms with Gasteiger partial charge in [-0.2, -0.15) is 0 Å². The molecule has 2 heterocycles. The molecule has 0 saturated carbocycles. The molecular formula is C10H18N2O. The fraction of sp³-hybridized carbons (Fsp3) is 0.900. The van der Waals surface area contributed by atoms with Crippen LogP contribution in [0.2, 0.25) is 0 Å². The van der Waals surface area contributed by atoms with Gasteiger partial charge in [0.2, 0.25) is 5.91 Å². The molecule has 0 aromatic rings. The van der Waals surface area contributed by atoms with E-state index in [-0.39, 0.29) is 0 Å². The molecule has 2 rings (SSSR count). The first-order valence-electron chi connectivity index (χ1n) is 5.28. The summed E-state index contributed by atoms with van der Waals surface area (Å²) in [6.07, 6.45) is 2.22. The molecule has 0 aliphatic carbocycles. The number of carbonyl (C=O) groups is 1. The van der Waals surface area contributed by atoms with Crippen molar-refractivity contribution in [2.75, 3.05) is 26.2 Å². The second kappa shape index (κ2) is 3.66. The number of piperidine rings is 1. The van der Waals surface area contributed by atoms with Crippen LogP contribution in [0, 0.1) is 11.8 Å². The lowest BCUT2D eigenvalue weighted by atomic mass is 9.86. The maximum atomic E-state index is 11.9. The summed E-state index contributed by atoms with van der Waals surface area (Å²) in [6.45, 7) is 6.18. The minimum absolute atomic E-state index is 0.293. The Morgan fingerprint density at radius 2 is 2.23 bits per heavy atom. The van der Waals surface area contributed by atoms with E-state index in [4.69, 9.17) is 0 Å². The van der Waals surface area contributed by atoms with E-state index < -0.39 is 0 Å². The second-order valence-corrected chi connectivity index (χ2v) is 4.26. The van der Waals surface area contributed by atoms with Gasteiger partial charge in [0.15, 0.2) is 0 Å². The SMILES string of the molecule is CC1CNCCC1C(=O)N1CCC1. The Kier molecular flexibility index (Phi) is 2.54. The van der Waals surface area contributed by atoms with E-state index in [0.29, 0.717) is 17.7 Å². The van der Waals surface area contributed by atoms with Crippen molar-refractivity contribution < 1.29 is 4.79 Å². The Morgan fingerprint density at radius 3 is 2.77 bits per heavy atom. The molecule has 3 nitrogen and oxygen atoms in total. The number of nitrogens with one attached hydrogen (secondary N) is 1. The summed E-state index contributed by atoms with van der Waals surface area (Å²) in [5.74, 6) is 1.21. The van der Waals surface area contributed by atoms with Gasteiger partial charge < -0.3 is 10.2 Å². The molecule has 0 radical (unpaired) electrons. The molecule has 0 aromatic heterocycles. The molecule has 2 unspecified atom stereocenters. The Balaban J connectivity index is 1.93. The molecular weight excluding hydrogens is 164 g/mol. The van der Waals surface area contributed by atoms with Gasteiger partial charge in [0, 0.05) is 19.0 Å². The molecule has 13 heavy (non-hydrogen) atoms. The lowest BCUT2D eigenvalue weighted by molar-refractivity contribution is -0.141. The summed E-state index contributed by atoms with van der Waals surface area (Å²) in [5, 5.41) is 3.32. The highest BCUT2D eigenvalue weighted by Gasteiger charge is 2.32. The van der Waals surface area contributed by atoms with Gasteiger partial charge in [0.05, 0.1) is 0 Å². The first kappa shape index (κ1) is 9.00. The summed E-state index contributed by atoms with van der Waals surface area (Å²) in [7, 11) is 0. The summed E-state index contributed by atoms with van der Waals surface area (Å²) in [4.78, 5) is 13.9. The lowest BCUT2D eigenvalue weighted by Crippen LogP contribution is -2.50. The molecule has 2 aliphatic heterocycles. The van der Waals surface area contributed by atoms with Gasteiger partial charge >= 0.3 is 0 Å². The van der Waals surface area contributed by atoms with Crippen molar-refractivity contribution in [2.45, 2.75) is 19.8 Å². The number of amides is 1. The number of hydrogen-bond donors (Lipinski definition) is 1. The molecule has 2 saturated heterocycles. The molecule has 3 heteroatoms. The second-order valence-electron chi connectivity index (χ2n) is 4.26. The average molecular weight is 182 g/mol. The van der Waals surface area contributed by atoms with Crippen molar-refractivity contribution >= 4 is 5.91 Å². The van der Waals surface area contributed by atoms with Crippen molar-refractivity contribution in [3.8, 4) is 0 Å². The highest BCUT2D eigenvalue weighted by Crippen LogP contribution is 2.23. The van der Waals surface area contributed by atoms with E-state index in [1.54, 1.807) is 0 Å². The summed E-state index contributed by atoms with van der Waals surface area (Å²) in [6, 6.07) is 0. The highest BCUT2D eigenvalue weighted by molar-refractivity contribution is 5.79. The highest BCUT2D eigenvalue weighted by atomic mass is 16.2.